The molecule has 0 aliphatic rings. The van der Waals surface area contributed by atoms with Crippen molar-refractivity contribution in [3.63, 3.8) is 0 Å². The second-order valence-corrected chi connectivity index (χ2v) is 4.49. The summed E-state index contributed by atoms with van der Waals surface area (Å²) in [6, 6.07) is 12.0. The maximum absolute atomic E-state index is 9.74. The van der Waals surface area contributed by atoms with Crippen LogP contribution in [0, 0.1) is 0 Å². The number of aromatic hydroxyl groups is 2. The van der Waals surface area contributed by atoms with Crippen LogP contribution in [0.5, 0.6) is 11.5 Å². The molecule has 3 N–H and O–H groups in total. The van der Waals surface area contributed by atoms with Gasteiger partial charge in [-0.3, -0.25) is 0 Å². The van der Waals surface area contributed by atoms with Gasteiger partial charge in [0.1, 0.15) is 11.5 Å². The fourth-order valence-corrected chi connectivity index (χ4v) is 1.96. The number of benzene rings is 2. The third-order valence-electron chi connectivity index (χ3n) is 3.02. The van der Waals surface area contributed by atoms with Crippen LogP contribution in [0.25, 0.3) is 11.5 Å². The lowest BCUT2D eigenvalue weighted by Crippen LogP contribution is -1.99. The second-order valence-electron chi connectivity index (χ2n) is 4.49. The molecule has 0 aliphatic heterocycles. The summed E-state index contributed by atoms with van der Waals surface area (Å²) in [5, 5.41) is 29.7. The van der Waals surface area contributed by atoms with Crippen LogP contribution < -0.4 is 5.32 Å². The maximum atomic E-state index is 9.74. The van der Waals surface area contributed by atoms with Gasteiger partial charge in [0.05, 0.1) is 0 Å². The van der Waals surface area contributed by atoms with Crippen molar-refractivity contribution >= 4 is 5.69 Å². The van der Waals surface area contributed by atoms with Gasteiger partial charge >= 0.3 is 0 Å². The van der Waals surface area contributed by atoms with E-state index in [0.717, 1.165) is 11.3 Å². The molecule has 0 atom stereocenters. The lowest BCUT2D eigenvalue weighted by Gasteiger charge is -2.09. The van der Waals surface area contributed by atoms with Gasteiger partial charge in [-0.2, -0.15) is 0 Å². The van der Waals surface area contributed by atoms with E-state index in [1.54, 1.807) is 6.07 Å². The number of rotatable bonds is 4. The number of hydrogen-bond acceptors (Lipinski definition) is 6. The van der Waals surface area contributed by atoms with E-state index in [-0.39, 0.29) is 11.5 Å². The summed E-state index contributed by atoms with van der Waals surface area (Å²) in [6.07, 6.45) is 1.28. The van der Waals surface area contributed by atoms with Crippen molar-refractivity contribution in [3.8, 4) is 23.0 Å². The van der Waals surface area contributed by atoms with Gasteiger partial charge in [-0.25, -0.2) is 0 Å². The van der Waals surface area contributed by atoms with Crippen molar-refractivity contribution in [3.05, 3.63) is 54.4 Å². The Balaban J connectivity index is 1.75. The van der Waals surface area contributed by atoms with Crippen molar-refractivity contribution in [1.29, 1.82) is 0 Å². The van der Waals surface area contributed by atoms with Gasteiger partial charge in [-0.05, 0) is 30.3 Å². The Bertz CT molecular complexity index is 742. The van der Waals surface area contributed by atoms with Gasteiger partial charge in [-0.15, -0.1) is 10.2 Å². The van der Waals surface area contributed by atoms with E-state index in [2.05, 4.69) is 15.5 Å². The molecule has 0 amide bonds. The minimum atomic E-state index is 0.0367. The third-order valence-corrected chi connectivity index (χ3v) is 3.02. The first-order chi connectivity index (χ1) is 10.2. The van der Waals surface area contributed by atoms with Crippen molar-refractivity contribution in [1.82, 2.24) is 10.2 Å². The Morgan fingerprint density at radius 1 is 1.10 bits per heavy atom. The average Bonchev–Trinajstić information content (AvgIpc) is 3.01. The van der Waals surface area contributed by atoms with E-state index in [1.807, 2.05) is 24.3 Å². The zero-order chi connectivity index (χ0) is 14.7. The first kappa shape index (κ1) is 13.0. The van der Waals surface area contributed by atoms with Crippen LogP contribution in [0.2, 0.25) is 0 Å². The summed E-state index contributed by atoms with van der Waals surface area (Å²) in [6.45, 7) is 0.430. The summed E-state index contributed by atoms with van der Waals surface area (Å²) >= 11 is 0. The van der Waals surface area contributed by atoms with Gasteiger partial charge in [-0.1, -0.05) is 6.07 Å². The standard InChI is InChI=1S/C15H13N3O3/c19-13-5-4-11(14(20)7-13)8-16-12-3-1-2-10(6-12)15-18-17-9-21-15/h1-7,9,16,19-20H,8H2. The topological polar surface area (TPSA) is 91.4 Å². The lowest BCUT2D eigenvalue weighted by molar-refractivity contribution is 0.446. The Hall–Kier alpha value is -3.02. The molecule has 2 aromatic carbocycles. The van der Waals surface area contributed by atoms with Crippen molar-refractivity contribution < 1.29 is 14.6 Å². The predicted molar refractivity (Wildman–Crippen MR) is 76.8 cm³/mol. The van der Waals surface area contributed by atoms with Gasteiger partial charge in [0.15, 0.2) is 0 Å². The highest BCUT2D eigenvalue weighted by Crippen LogP contribution is 2.24. The highest BCUT2D eigenvalue weighted by atomic mass is 16.4. The molecule has 0 saturated heterocycles. The summed E-state index contributed by atoms with van der Waals surface area (Å²) in [7, 11) is 0. The molecule has 3 aromatic rings. The fourth-order valence-electron chi connectivity index (χ4n) is 1.96. The zero-order valence-corrected chi connectivity index (χ0v) is 11.0. The number of phenols is 2. The Kier molecular flexibility index (Phi) is 3.42. The van der Waals surface area contributed by atoms with E-state index < -0.39 is 0 Å². The highest BCUT2D eigenvalue weighted by molar-refractivity contribution is 5.61. The summed E-state index contributed by atoms with van der Waals surface area (Å²) in [5.41, 5.74) is 2.36. The molecule has 1 aromatic heterocycles. The number of nitrogens with one attached hydrogen (secondary N) is 1. The average molecular weight is 283 g/mol. The molecule has 3 rings (SSSR count). The Morgan fingerprint density at radius 2 is 2.00 bits per heavy atom. The summed E-state index contributed by atoms with van der Waals surface area (Å²) in [5.74, 6) is 0.538. The molecule has 0 spiro atoms. The van der Waals surface area contributed by atoms with Crippen LogP contribution in [-0.4, -0.2) is 20.4 Å². The van der Waals surface area contributed by atoms with Crippen LogP contribution in [0.15, 0.2) is 53.3 Å². The lowest BCUT2D eigenvalue weighted by atomic mass is 10.1. The van der Waals surface area contributed by atoms with Crippen molar-refractivity contribution in [2.24, 2.45) is 0 Å². The second kappa shape index (κ2) is 5.54. The van der Waals surface area contributed by atoms with Gasteiger partial charge < -0.3 is 19.9 Å². The normalized spacial score (nSPS) is 10.5. The van der Waals surface area contributed by atoms with Gasteiger partial charge in [0.25, 0.3) is 0 Å². The first-order valence-electron chi connectivity index (χ1n) is 6.34. The maximum Gasteiger partial charge on any atom is 0.247 e. The molecule has 0 unspecified atom stereocenters. The molecule has 0 fully saturated rings. The number of nitrogens with zero attached hydrogens (tertiary/aromatic N) is 2. The van der Waals surface area contributed by atoms with E-state index in [0.29, 0.717) is 18.0 Å². The fraction of sp³-hybridized carbons (Fsp3) is 0.0667. The molecule has 1 heterocycles. The zero-order valence-electron chi connectivity index (χ0n) is 11.0. The Morgan fingerprint density at radius 3 is 2.76 bits per heavy atom. The molecule has 106 valence electrons. The smallest absolute Gasteiger partial charge is 0.247 e. The van der Waals surface area contributed by atoms with Crippen molar-refractivity contribution in [2.75, 3.05) is 5.32 Å². The molecule has 0 bridgehead atoms. The van der Waals surface area contributed by atoms with Crippen LogP contribution in [0.3, 0.4) is 0 Å². The first-order valence-corrected chi connectivity index (χ1v) is 6.34. The van der Waals surface area contributed by atoms with Crippen LogP contribution in [0.1, 0.15) is 5.56 Å². The molecule has 6 nitrogen and oxygen atoms in total. The third kappa shape index (κ3) is 2.94. The van der Waals surface area contributed by atoms with Gasteiger partial charge in [0.2, 0.25) is 12.3 Å². The van der Waals surface area contributed by atoms with Crippen LogP contribution >= 0.6 is 0 Å². The quantitative estimate of drug-likeness (QED) is 0.682. The summed E-state index contributed by atoms with van der Waals surface area (Å²) in [4.78, 5) is 0. The molecule has 0 saturated carbocycles. The van der Waals surface area contributed by atoms with Crippen LogP contribution in [0.4, 0.5) is 5.69 Å². The molecule has 6 heteroatoms. The monoisotopic (exact) mass is 283 g/mol. The molecule has 0 radical (unpaired) electrons. The van der Waals surface area contributed by atoms with E-state index in [4.69, 9.17) is 4.42 Å². The SMILES string of the molecule is Oc1ccc(CNc2cccc(-c3nnco3)c2)c(O)c1. The summed E-state index contributed by atoms with van der Waals surface area (Å²) < 4.78 is 5.15. The van der Waals surface area contributed by atoms with E-state index in [1.165, 1.54) is 18.5 Å². The van der Waals surface area contributed by atoms with Crippen LogP contribution in [-0.2, 0) is 6.54 Å². The van der Waals surface area contributed by atoms with E-state index in [9.17, 15) is 10.2 Å². The molecule has 0 aliphatic carbocycles. The van der Waals surface area contributed by atoms with Gasteiger partial charge in [0, 0.05) is 29.4 Å². The number of aromatic nitrogens is 2. The van der Waals surface area contributed by atoms with E-state index >= 15 is 0 Å². The minimum Gasteiger partial charge on any atom is -0.508 e. The van der Waals surface area contributed by atoms with Crippen molar-refractivity contribution in [2.45, 2.75) is 6.54 Å². The molecular weight excluding hydrogens is 270 g/mol. The minimum absolute atomic E-state index is 0.0367. The highest BCUT2D eigenvalue weighted by Gasteiger charge is 2.05. The Labute approximate surface area is 120 Å². The molecule has 21 heavy (non-hydrogen) atoms. The largest absolute Gasteiger partial charge is 0.508 e. The molecular formula is C15H13N3O3. The number of phenolic OH excluding ortho intramolecular Hbond substituents is 2. The number of hydrogen-bond donors (Lipinski definition) is 3. The number of anilines is 1. The predicted octanol–water partition coefficient (Wildman–Crippen LogP) is 2.76.